The van der Waals surface area contributed by atoms with E-state index in [1.165, 1.54) is 19.4 Å². The molecule has 1 aliphatic rings. The van der Waals surface area contributed by atoms with Gasteiger partial charge >= 0.3 is 5.97 Å². The number of carbonyl (C=O) groups is 2. The molecule has 0 bridgehead atoms. The summed E-state index contributed by atoms with van der Waals surface area (Å²) in [5.41, 5.74) is 5.06. The second-order valence-electron chi connectivity index (χ2n) is 7.55. The van der Waals surface area contributed by atoms with Gasteiger partial charge in [0.1, 0.15) is 5.52 Å². The molecule has 1 amide bonds. The van der Waals surface area contributed by atoms with E-state index in [0.29, 0.717) is 60.4 Å². The summed E-state index contributed by atoms with van der Waals surface area (Å²) < 4.78 is 10.7. The van der Waals surface area contributed by atoms with Crippen molar-refractivity contribution < 1.29 is 18.7 Å². The predicted molar refractivity (Wildman–Crippen MR) is 130 cm³/mol. The largest absolute Gasteiger partial charge is 0.465 e. The quantitative estimate of drug-likeness (QED) is 0.312. The molecule has 1 aromatic heterocycles. The van der Waals surface area contributed by atoms with E-state index in [1.54, 1.807) is 35.2 Å². The fourth-order valence-corrected chi connectivity index (χ4v) is 3.88. The van der Waals surface area contributed by atoms with Crippen LogP contribution in [0, 0.1) is 5.41 Å². The molecule has 10 nitrogen and oxygen atoms in total. The molecular formula is C23H23ClN6O4. The number of ether oxygens (including phenoxy) is 1. The fraction of sp³-hybridized carbons (Fsp3) is 0.261. The van der Waals surface area contributed by atoms with Gasteiger partial charge in [-0.25, -0.2) is 4.79 Å². The lowest BCUT2D eigenvalue weighted by Crippen LogP contribution is -2.35. The first-order chi connectivity index (χ1) is 16.5. The van der Waals surface area contributed by atoms with Crippen molar-refractivity contribution in [3.8, 4) is 0 Å². The van der Waals surface area contributed by atoms with Crippen LogP contribution in [0.2, 0.25) is 5.02 Å². The van der Waals surface area contributed by atoms with E-state index in [1.807, 2.05) is 4.90 Å². The maximum atomic E-state index is 13.5. The van der Waals surface area contributed by atoms with Gasteiger partial charge in [0, 0.05) is 37.4 Å². The maximum Gasteiger partial charge on any atom is 0.337 e. The van der Waals surface area contributed by atoms with Crippen molar-refractivity contribution in [2.45, 2.75) is 6.42 Å². The van der Waals surface area contributed by atoms with E-state index in [9.17, 15) is 9.59 Å². The van der Waals surface area contributed by atoms with Crippen LogP contribution < -0.4 is 10.3 Å². The Morgan fingerprint density at radius 2 is 2.06 bits per heavy atom. The van der Waals surface area contributed by atoms with Crippen LogP contribution in [0.4, 0.5) is 11.7 Å². The zero-order chi connectivity index (χ0) is 24.1. The molecule has 1 fully saturated rings. The third-order valence-corrected chi connectivity index (χ3v) is 5.63. The van der Waals surface area contributed by atoms with Crippen molar-refractivity contribution in [1.29, 1.82) is 5.41 Å². The summed E-state index contributed by atoms with van der Waals surface area (Å²) in [7, 11) is 1.29. The number of rotatable bonds is 6. The number of oxazole rings is 1. The van der Waals surface area contributed by atoms with Crippen LogP contribution in [0.1, 0.15) is 27.1 Å². The molecule has 1 aliphatic heterocycles. The Morgan fingerprint density at radius 1 is 1.21 bits per heavy atom. The van der Waals surface area contributed by atoms with E-state index in [0.717, 1.165) is 6.21 Å². The van der Waals surface area contributed by atoms with Crippen LogP contribution in [0.5, 0.6) is 0 Å². The molecule has 0 spiro atoms. The number of fused-ring (bicyclic) bond motifs is 1. The lowest BCUT2D eigenvalue weighted by atomic mass is 10.1. The number of hydrogen-bond donors (Lipinski definition) is 2. The molecular weight excluding hydrogens is 460 g/mol. The van der Waals surface area contributed by atoms with Crippen LogP contribution in [0.15, 0.2) is 45.9 Å². The number of methoxy groups -OCH3 is 1. The third-order valence-electron chi connectivity index (χ3n) is 5.40. The zero-order valence-electron chi connectivity index (χ0n) is 18.5. The number of aromatic nitrogens is 1. The Bertz CT molecular complexity index is 1260. The number of nitrogens with one attached hydrogen (secondary N) is 2. The van der Waals surface area contributed by atoms with Gasteiger partial charge in [-0.1, -0.05) is 11.6 Å². The van der Waals surface area contributed by atoms with Gasteiger partial charge in [0.2, 0.25) is 0 Å². The summed E-state index contributed by atoms with van der Waals surface area (Å²) >= 11 is 6.05. The maximum absolute atomic E-state index is 13.5. The average Bonchev–Trinajstić information content (AvgIpc) is 3.10. The number of halogens is 1. The smallest absolute Gasteiger partial charge is 0.337 e. The minimum Gasteiger partial charge on any atom is -0.465 e. The summed E-state index contributed by atoms with van der Waals surface area (Å²) in [6.45, 7) is 2.15. The normalized spacial score (nSPS) is 14.3. The summed E-state index contributed by atoms with van der Waals surface area (Å²) in [5.74, 6) is -0.786. The van der Waals surface area contributed by atoms with E-state index in [2.05, 4.69) is 15.5 Å². The number of benzene rings is 2. The molecule has 0 aliphatic carbocycles. The third kappa shape index (κ3) is 5.01. The Hall–Kier alpha value is -3.92. The summed E-state index contributed by atoms with van der Waals surface area (Å²) in [4.78, 5) is 33.7. The minimum atomic E-state index is -0.540. The van der Waals surface area contributed by atoms with Gasteiger partial charge in [-0.05, 0) is 42.8 Å². The fourth-order valence-electron chi connectivity index (χ4n) is 3.71. The first kappa shape index (κ1) is 23.2. The van der Waals surface area contributed by atoms with Gasteiger partial charge in [-0.3, -0.25) is 10.2 Å². The van der Waals surface area contributed by atoms with Gasteiger partial charge in [-0.15, -0.1) is 0 Å². The second kappa shape index (κ2) is 10.3. The van der Waals surface area contributed by atoms with Crippen molar-refractivity contribution in [3.05, 3.63) is 52.5 Å². The number of nitrogens with zero attached hydrogens (tertiary/aromatic N) is 4. The summed E-state index contributed by atoms with van der Waals surface area (Å²) in [6.07, 6.45) is 2.97. The predicted octanol–water partition coefficient (Wildman–Crippen LogP) is 3.67. The highest BCUT2D eigenvalue weighted by molar-refractivity contribution is 6.31. The zero-order valence-corrected chi connectivity index (χ0v) is 19.2. The first-order valence-corrected chi connectivity index (χ1v) is 11.0. The number of hydrogen-bond acceptors (Lipinski definition) is 9. The molecule has 2 N–H and O–H groups in total. The molecule has 0 atom stereocenters. The van der Waals surface area contributed by atoms with Crippen molar-refractivity contribution in [3.63, 3.8) is 0 Å². The Labute approximate surface area is 200 Å². The summed E-state index contributed by atoms with van der Waals surface area (Å²) in [6, 6.07) is 10.4. The number of carbonyl (C=O) groups excluding carboxylic acids is 2. The topological polar surface area (TPSA) is 124 Å². The molecule has 2 aromatic carbocycles. The molecule has 0 unspecified atom stereocenters. The highest BCUT2D eigenvalue weighted by Gasteiger charge is 2.25. The standard InChI is InChI=1S/C23H23ClN6O4/c1-33-22(32)15-3-5-18(28-26-8-7-25)17(13-15)21(31)29-9-2-10-30(12-11-29)23-27-19-14-16(24)4-6-20(19)34-23/h3-8,13-14,25,28H,2,9-12H2,1H3/b25-7?,26-8-. The number of esters is 1. The molecule has 3 aromatic rings. The van der Waals surface area contributed by atoms with Gasteiger partial charge in [0.05, 0.1) is 30.1 Å². The van der Waals surface area contributed by atoms with Crippen LogP contribution in [-0.2, 0) is 4.74 Å². The highest BCUT2D eigenvalue weighted by Crippen LogP contribution is 2.26. The first-order valence-electron chi connectivity index (χ1n) is 10.6. The molecule has 34 heavy (non-hydrogen) atoms. The molecule has 1 saturated heterocycles. The van der Waals surface area contributed by atoms with Crippen LogP contribution in [0.25, 0.3) is 11.1 Å². The van der Waals surface area contributed by atoms with Crippen LogP contribution >= 0.6 is 11.6 Å². The molecule has 0 radical (unpaired) electrons. The Morgan fingerprint density at radius 3 is 2.85 bits per heavy atom. The van der Waals surface area contributed by atoms with Crippen molar-refractivity contribution in [2.75, 3.05) is 43.6 Å². The SMILES string of the molecule is COC(=O)c1ccc(N/N=C\C=N)c(C(=O)N2CCCN(c3nc4cc(Cl)ccc4o3)CC2)c1. The van der Waals surface area contributed by atoms with Gasteiger partial charge in [0.15, 0.2) is 5.58 Å². The molecule has 176 valence electrons. The van der Waals surface area contributed by atoms with E-state index in [-0.39, 0.29) is 17.0 Å². The molecule has 0 saturated carbocycles. The van der Waals surface area contributed by atoms with E-state index >= 15 is 0 Å². The number of anilines is 2. The number of hydrazone groups is 1. The van der Waals surface area contributed by atoms with Gasteiger partial charge in [0.25, 0.3) is 11.9 Å². The lowest BCUT2D eigenvalue weighted by molar-refractivity contribution is 0.0600. The van der Waals surface area contributed by atoms with Crippen molar-refractivity contribution in [1.82, 2.24) is 9.88 Å². The Kier molecular flexibility index (Phi) is 7.07. The van der Waals surface area contributed by atoms with Crippen molar-refractivity contribution in [2.24, 2.45) is 5.10 Å². The van der Waals surface area contributed by atoms with E-state index in [4.69, 9.17) is 26.2 Å². The number of amides is 1. The van der Waals surface area contributed by atoms with Gasteiger partial charge in [-0.2, -0.15) is 10.1 Å². The Balaban J connectivity index is 1.54. The van der Waals surface area contributed by atoms with Crippen LogP contribution in [0.3, 0.4) is 0 Å². The van der Waals surface area contributed by atoms with E-state index < -0.39 is 5.97 Å². The lowest BCUT2D eigenvalue weighted by Gasteiger charge is -2.22. The highest BCUT2D eigenvalue weighted by atomic mass is 35.5. The molecule has 11 heteroatoms. The molecule has 4 rings (SSSR count). The summed E-state index contributed by atoms with van der Waals surface area (Å²) in [5, 5.41) is 11.6. The monoisotopic (exact) mass is 482 g/mol. The van der Waals surface area contributed by atoms with Crippen LogP contribution in [-0.4, -0.2) is 67.5 Å². The molecule has 2 heterocycles. The minimum absolute atomic E-state index is 0.246. The average molecular weight is 483 g/mol. The van der Waals surface area contributed by atoms with Gasteiger partial charge < -0.3 is 24.4 Å². The second-order valence-corrected chi connectivity index (χ2v) is 7.99. The van der Waals surface area contributed by atoms with Crippen molar-refractivity contribution >= 4 is 58.7 Å².